The number of amides is 2. The Morgan fingerprint density at radius 2 is 1.79 bits per heavy atom. The molecular formula is C19H21BrN2O5S. The van der Waals surface area contributed by atoms with E-state index in [0.717, 1.165) is 8.78 Å². The van der Waals surface area contributed by atoms with Crippen LogP contribution in [0.4, 0.5) is 16.2 Å². The lowest BCUT2D eigenvalue weighted by Crippen LogP contribution is -2.51. The lowest BCUT2D eigenvalue weighted by Gasteiger charge is -2.36. The first kappa shape index (κ1) is 20.6. The third-order valence-corrected chi connectivity index (χ3v) is 6.39. The van der Waals surface area contributed by atoms with Crippen LogP contribution in [0.15, 0.2) is 51.8 Å². The Balaban J connectivity index is 2.08. The average Bonchev–Trinajstić information content (AvgIpc) is 2.61. The number of rotatable bonds is 5. The third-order valence-electron chi connectivity index (χ3n) is 4.11. The highest BCUT2D eigenvalue weighted by Gasteiger charge is 2.42. The van der Waals surface area contributed by atoms with Gasteiger partial charge < -0.3 is 9.84 Å². The maximum absolute atomic E-state index is 13.2. The summed E-state index contributed by atoms with van der Waals surface area (Å²) in [6.07, 6.45) is 0. The highest BCUT2D eigenvalue weighted by atomic mass is 79.9. The highest BCUT2D eigenvalue weighted by molar-refractivity contribution is 9.10. The molecule has 1 aliphatic heterocycles. The molecule has 3 rings (SSSR count). The SMILES string of the molecule is CCN1C(=O)N(c2ccc(Br)cc2)S(=O)(=O)c2ccc(OCC(C)(C)O)cc21. The molecule has 7 nitrogen and oxygen atoms in total. The molecule has 0 saturated carbocycles. The Morgan fingerprint density at radius 1 is 1.14 bits per heavy atom. The number of aliphatic hydroxyl groups is 1. The maximum Gasteiger partial charge on any atom is 0.343 e. The second-order valence-corrected chi connectivity index (χ2v) is 9.67. The van der Waals surface area contributed by atoms with Gasteiger partial charge in [0.05, 0.1) is 17.0 Å². The van der Waals surface area contributed by atoms with Crippen molar-refractivity contribution < 1.29 is 23.1 Å². The minimum Gasteiger partial charge on any atom is -0.491 e. The van der Waals surface area contributed by atoms with Crippen LogP contribution in [-0.4, -0.2) is 38.3 Å². The molecule has 0 spiro atoms. The Labute approximate surface area is 172 Å². The fourth-order valence-corrected chi connectivity index (χ4v) is 4.66. The molecule has 1 aliphatic rings. The fraction of sp³-hybridized carbons (Fsp3) is 0.316. The van der Waals surface area contributed by atoms with Gasteiger partial charge in [0, 0.05) is 17.1 Å². The van der Waals surface area contributed by atoms with Crippen molar-refractivity contribution in [3.8, 4) is 5.75 Å². The summed E-state index contributed by atoms with van der Waals surface area (Å²) in [7, 11) is -4.08. The summed E-state index contributed by atoms with van der Waals surface area (Å²) < 4.78 is 33.5. The predicted octanol–water partition coefficient (Wildman–Crippen LogP) is 3.75. The van der Waals surface area contributed by atoms with E-state index in [1.54, 1.807) is 45.0 Å². The summed E-state index contributed by atoms with van der Waals surface area (Å²) in [4.78, 5) is 14.4. The van der Waals surface area contributed by atoms with E-state index in [4.69, 9.17) is 4.74 Å². The molecule has 2 aromatic carbocycles. The molecule has 2 amide bonds. The number of sulfonamides is 1. The lowest BCUT2D eigenvalue weighted by atomic mass is 10.2. The van der Waals surface area contributed by atoms with Crippen LogP contribution in [0.5, 0.6) is 5.75 Å². The van der Waals surface area contributed by atoms with Crippen molar-refractivity contribution in [3.63, 3.8) is 0 Å². The van der Waals surface area contributed by atoms with Crippen molar-refractivity contribution in [3.05, 3.63) is 46.9 Å². The Bertz CT molecular complexity index is 1000. The molecule has 150 valence electrons. The molecule has 0 fully saturated rings. The number of hydrogen-bond acceptors (Lipinski definition) is 5. The summed E-state index contributed by atoms with van der Waals surface area (Å²) >= 11 is 3.31. The average molecular weight is 469 g/mol. The number of carbonyl (C=O) groups excluding carboxylic acids is 1. The first-order chi connectivity index (χ1) is 13.0. The Morgan fingerprint density at radius 3 is 2.36 bits per heavy atom. The van der Waals surface area contributed by atoms with Crippen LogP contribution < -0.4 is 13.9 Å². The molecule has 1 heterocycles. The van der Waals surface area contributed by atoms with Gasteiger partial charge in [0.15, 0.2) is 0 Å². The van der Waals surface area contributed by atoms with E-state index < -0.39 is 21.7 Å². The van der Waals surface area contributed by atoms with Gasteiger partial charge in [-0.25, -0.2) is 13.2 Å². The number of halogens is 1. The van der Waals surface area contributed by atoms with Gasteiger partial charge >= 0.3 is 6.03 Å². The summed E-state index contributed by atoms with van der Waals surface area (Å²) in [5.41, 5.74) is -0.519. The lowest BCUT2D eigenvalue weighted by molar-refractivity contribution is 0.0285. The predicted molar refractivity (Wildman–Crippen MR) is 110 cm³/mol. The fourth-order valence-electron chi connectivity index (χ4n) is 2.82. The summed E-state index contributed by atoms with van der Waals surface area (Å²) in [6.45, 7) is 5.29. The zero-order valence-corrected chi connectivity index (χ0v) is 18.1. The third kappa shape index (κ3) is 3.87. The molecular weight excluding hydrogens is 448 g/mol. The second-order valence-electron chi connectivity index (χ2n) is 7.00. The molecule has 0 atom stereocenters. The second kappa shape index (κ2) is 7.38. The minimum absolute atomic E-state index is 0.0208. The van der Waals surface area contributed by atoms with Gasteiger partial charge in [0.25, 0.3) is 10.0 Å². The first-order valence-corrected chi connectivity index (χ1v) is 10.9. The summed E-state index contributed by atoms with van der Waals surface area (Å²) in [5.74, 6) is 0.374. The highest BCUT2D eigenvalue weighted by Crippen LogP contribution is 2.39. The van der Waals surface area contributed by atoms with E-state index in [1.165, 1.54) is 23.1 Å². The minimum atomic E-state index is -4.08. The van der Waals surface area contributed by atoms with Crippen molar-refractivity contribution in [2.24, 2.45) is 0 Å². The van der Waals surface area contributed by atoms with Gasteiger partial charge in [0.1, 0.15) is 17.3 Å². The van der Waals surface area contributed by atoms with E-state index in [1.807, 2.05) is 0 Å². The van der Waals surface area contributed by atoms with Gasteiger partial charge in [-0.15, -0.1) is 0 Å². The van der Waals surface area contributed by atoms with Crippen molar-refractivity contribution in [1.82, 2.24) is 0 Å². The quantitative estimate of drug-likeness (QED) is 0.721. The van der Waals surface area contributed by atoms with Crippen LogP contribution in [0.2, 0.25) is 0 Å². The van der Waals surface area contributed by atoms with Crippen molar-refractivity contribution in [1.29, 1.82) is 0 Å². The number of urea groups is 1. The molecule has 28 heavy (non-hydrogen) atoms. The molecule has 0 saturated heterocycles. The van der Waals surface area contributed by atoms with Gasteiger partial charge in [0.2, 0.25) is 0 Å². The number of anilines is 2. The Kier molecular flexibility index (Phi) is 5.44. The van der Waals surface area contributed by atoms with E-state index in [2.05, 4.69) is 15.9 Å². The van der Waals surface area contributed by atoms with Crippen LogP contribution in [0.25, 0.3) is 0 Å². The maximum atomic E-state index is 13.2. The summed E-state index contributed by atoms with van der Waals surface area (Å²) in [5, 5.41) is 9.83. The Hall–Kier alpha value is -2.10. The van der Waals surface area contributed by atoms with Crippen LogP contribution in [0.1, 0.15) is 20.8 Å². The van der Waals surface area contributed by atoms with E-state index in [9.17, 15) is 18.3 Å². The normalized spacial score (nSPS) is 16.1. The first-order valence-electron chi connectivity index (χ1n) is 8.66. The number of nitrogens with zero attached hydrogens (tertiary/aromatic N) is 2. The molecule has 0 bridgehead atoms. The summed E-state index contributed by atoms with van der Waals surface area (Å²) in [6, 6.07) is 10.3. The number of fused-ring (bicyclic) bond motifs is 1. The largest absolute Gasteiger partial charge is 0.491 e. The number of carbonyl (C=O) groups is 1. The molecule has 1 N–H and O–H groups in total. The number of hydrogen-bond donors (Lipinski definition) is 1. The molecule has 2 aromatic rings. The topological polar surface area (TPSA) is 87.2 Å². The van der Waals surface area contributed by atoms with Crippen molar-refractivity contribution >= 4 is 43.4 Å². The van der Waals surface area contributed by atoms with Gasteiger partial charge in [-0.1, -0.05) is 15.9 Å². The molecule has 0 unspecified atom stereocenters. The van der Waals surface area contributed by atoms with E-state index in [0.29, 0.717) is 5.75 Å². The van der Waals surface area contributed by atoms with Crippen molar-refractivity contribution in [2.45, 2.75) is 31.3 Å². The smallest absolute Gasteiger partial charge is 0.343 e. The van der Waals surface area contributed by atoms with Gasteiger partial charge in [-0.05, 0) is 57.2 Å². The molecule has 0 radical (unpaired) electrons. The van der Waals surface area contributed by atoms with Crippen molar-refractivity contribution in [2.75, 3.05) is 22.4 Å². The standard InChI is InChI=1S/C19H21BrN2O5S/c1-4-21-16-11-15(27-12-19(2,3)24)9-10-17(16)28(25,26)22(18(21)23)14-7-5-13(20)6-8-14/h5-11,24H,4,12H2,1-3H3. The zero-order chi connectivity index (χ0) is 20.7. The number of benzene rings is 2. The monoisotopic (exact) mass is 468 g/mol. The molecule has 0 aromatic heterocycles. The van der Waals surface area contributed by atoms with Crippen LogP contribution in [0, 0.1) is 0 Å². The van der Waals surface area contributed by atoms with E-state index in [-0.39, 0.29) is 29.4 Å². The van der Waals surface area contributed by atoms with Crippen LogP contribution in [0.3, 0.4) is 0 Å². The van der Waals surface area contributed by atoms with Gasteiger partial charge in [-0.2, -0.15) is 4.31 Å². The number of ether oxygens (including phenoxy) is 1. The zero-order valence-electron chi connectivity index (χ0n) is 15.7. The van der Waals surface area contributed by atoms with Crippen LogP contribution in [-0.2, 0) is 10.0 Å². The van der Waals surface area contributed by atoms with Gasteiger partial charge in [-0.3, -0.25) is 4.90 Å². The van der Waals surface area contributed by atoms with E-state index >= 15 is 0 Å². The molecule has 9 heteroatoms. The van der Waals surface area contributed by atoms with Crippen LogP contribution >= 0.6 is 15.9 Å². The molecule has 0 aliphatic carbocycles.